The van der Waals surface area contributed by atoms with Crippen LogP contribution in [0.5, 0.6) is 0 Å². The number of aliphatic hydroxyl groups excluding tert-OH is 2. The van der Waals surface area contributed by atoms with Crippen molar-refractivity contribution in [2.45, 2.75) is 70.7 Å². The Morgan fingerprint density at radius 3 is 2.39 bits per heavy atom. The third kappa shape index (κ3) is 12.5. The number of pyridine rings is 1. The summed E-state index contributed by atoms with van der Waals surface area (Å²) in [5.41, 5.74) is 0.370. The van der Waals surface area contributed by atoms with Gasteiger partial charge in [-0.2, -0.15) is 11.8 Å². The van der Waals surface area contributed by atoms with Crippen LogP contribution in [0.15, 0.2) is 42.7 Å². The van der Waals surface area contributed by atoms with Crippen LogP contribution in [0.2, 0.25) is 0 Å². The van der Waals surface area contributed by atoms with Crippen LogP contribution < -0.4 is 16.0 Å². The van der Waals surface area contributed by atoms with Crippen molar-refractivity contribution in [1.82, 2.24) is 20.9 Å². The lowest BCUT2D eigenvalue weighted by Gasteiger charge is -2.29. The first-order chi connectivity index (χ1) is 19.5. The van der Waals surface area contributed by atoms with E-state index in [1.807, 2.05) is 20.8 Å². The molecule has 12 heteroatoms. The lowest BCUT2D eigenvalue weighted by Crippen LogP contribution is -2.56. The van der Waals surface area contributed by atoms with E-state index in [1.54, 1.807) is 12.1 Å². The Balaban J connectivity index is 2.25. The number of nitrogens with zero attached hydrogens (tertiary/aromatic N) is 1. The van der Waals surface area contributed by atoms with Crippen LogP contribution in [-0.2, 0) is 16.0 Å². The second kappa shape index (κ2) is 17.7. The summed E-state index contributed by atoms with van der Waals surface area (Å²) in [7, 11) is 0. The molecule has 2 rings (SSSR count). The first-order valence-corrected chi connectivity index (χ1v) is 14.8. The number of hydrogen-bond acceptors (Lipinski definition) is 7. The van der Waals surface area contributed by atoms with Crippen molar-refractivity contribution in [2.75, 3.05) is 18.1 Å². The number of aromatic nitrogens is 1. The minimum atomic E-state index is -1.67. The van der Waals surface area contributed by atoms with Crippen molar-refractivity contribution in [3.63, 3.8) is 0 Å². The van der Waals surface area contributed by atoms with E-state index in [1.165, 1.54) is 24.2 Å². The molecule has 1 unspecified atom stereocenters. The molecule has 4 atom stereocenters. The Bertz CT molecular complexity index is 1110. The van der Waals surface area contributed by atoms with Gasteiger partial charge in [0.1, 0.15) is 23.8 Å². The molecule has 9 nitrogen and oxygen atoms in total. The Labute approximate surface area is 243 Å². The lowest BCUT2D eigenvalue weighted by atomic mass is 9.95. The molecule has 1 aromatic heterocycles. The monoisotopic (exact) mass is 594 g/mol. The summed E-state index contributed by atoms with van der Waals surface area (Å²) >= 11 is 1.46. The summed E-state index contributed by atoms with van der Waals surface area (Å²) < 4.78 is 27.8. The van der Waals surface area contributed by atoms with Crippen LogP contribution in [0.4, 0.5) is 8.78 Å². The van der Waals surface area contributed by atoms with Gasteiger partial charge in [-0.25, -0.2) is 8.78 Å². The van der Waals surface area contributed by atoms with E-state index in [9.17, 15) is 33.4 Å². The molecule has 0 saturated heterocycles. The molecule has 1 heterocycles. The van der Waals surface area contributed by atoms with Gasteiger partial charge in [0.05, 0.1) is 24.1 Å². The van der Waals surface area contributed by atoms with Gasteiger partial charge in [0.25, 0.3) is 5.91 Å². The maximum absolute atomic E-state index is 13.9. The highest BCUT2D eigenvalue weighted by atomic mass is 32.2. The molecule has 0 radical (unpaired) electrons. The number of unbranched alkanes of at least 4 members (excludes halogenated alkanes) is 1. The molecular formula is C29H40F2N4O5S. The van der Waals surface area contributed by atoms with Gasteiger partial charge >= 0.3 is 0 Å². The van der Waals surface area contributed by atoms with Gasteiger partial charge in [-0.3, -0.25) is 19.4 Å². The van der Waals surface area contributed by atoms with E-state index in [0.717, 1.165) is 30.7 Å². The molecule has 5 N–H and O–H groups in total. The van der Waals surface area contributed by atoms with E-state index in [0.29, 0.717) is 12.6 Å². The molecule has 41 heavy (non-hydrogen) atoms. The molecule has 0 aliphatic rings. The Kier molecular flexibility index (Phi) is 14.7. The number of thioether (sulfide) groups is 1. The van der Waals surface area contributed by atoms with Crippen LogP contribution in [0.25, 0.3) is 0 Å². The number of hydrogen-bond donors (Lipinski definition) is 5. The highest BCUT2D eigenvalue weighted by molar-refractivity contribution is 7.99. The summed E-state index contributed by atoms with van der Waals surface area (Å²) in [5.74, 6) is -2.24. The van der Waals surface area contributed by atoms with Crippen LogP contribution in [0.3, 0.4) is 0 Å². The zero-order chi connectivity index (χ0) is 30.4. The Hall–Kier alpha value is -3.09. The largest absolute Gasteiger partial charge is 0.390 e. The molecule has 1 aromatic carbocycles. The maximum atomic E-state index is 13.9. The molecule has 0 saturated carbocycles. The summed E-state index contributed by atoms with van der Waals surface area (Å²) in [4.78, 5) is 42.5. The first-order valence-electron chi connectivity index (χ1n) is 13.7. The van der Waals surface area contributed by atoms with Crippen molar-refractivity contribution in [2.24, 2.45) is 5.92 Å². The standard InChI is InChI=1S/C29H40F2N4O5S/c1-4-5-9-41-17-24(35-28(39)20-7-6-8-32-16-20)29(40)34-23(12-19-10-21(30)13-22(31)11-19)27(38)25(36)14-26(37)33-15-18(2)3/h6-8,10-11,13,16,18,23-25,27,36,38H,4-5,9,12,14-15,17H2,1-3H3,(H,33,37)(H,34,40)(H,35,39)/t23-,24?,25+,27+/m0/s1. The highest BCUT2D eigenvalue weighted by Crippen LogP contribution is 2.16. The highest BCUT2D eigenvalue weighted by Gasteiger charge is 2.32. The van der Waals surface area contributed by atoms with Gasteiger partial charge in [0.15, 0.2) is 0 Å². The maximum Gasteiger partial charge on any atom is 0.253 e. The van der Waals surface area contributed by atoms with Gasteiger partial charge in [-0.1, -0.05) is 27.2 Å². The second-order valence-corrected chi connectivity index (χ2v) is 11.4. The molecular weight excluding hydrogens is 554 g/mol. The number of aliphatic hydroxyl groups is 2. The first kappa shape index (κ1) is 34.1. The molecule has 226 valence electrons. The predicted octanol–water partition coefficient (Wildman–Crippen LogP) is 2.60. The van der Waals surface area contributed by atoms with E-state index < -0.39 is 60.1 Å². The molecule has 0 bridgehead atoms. The second-order valence-electron chi connectivity index (χ2n) is 10.3. The van der Waals surface area contributed by atoms with E-state index in [2.05, 4.69) is 20.9 Å². The fraction of sp³-hybridized carbons (Fsp3) is 0.517. The van der Waals surface area contributed by atoms with E-state index in [-0.39, 0.29) is 29.2 Å². The predicted molar refractivity (Wildman–Crippen MR) is 154 cm³/mol. The van der Waals surface area contributed by atoms with Gasteiger partial charge in [-0.15, -0.1) is 0 Å². The number of halogens is 2. The fourth-order valence-corrected chi connectivity index (χ4v) is 4.99. The SMILES string of the molecule is CCCCSCC(NC(=O)c1cccnc1)C(=O)N[C@@H](Cc1cc(F)cc(F)c1)[C@@H](O)[C@H](O)CC(=O)NCC(C)C. The zero-order valence-corrected chi connectivity index (χ0v) is 24.4. The molecule has 0 aliphatic heterocycles. The molecule has 0 aliphatic carbocycles. The van der Waals surface area contributed by atoms with Gasteiger partial charge in [-0.05, 0) is 54.3 Å². The third-order valence-corrected chi connectivity index (χ3v) is 7.23. The molecule has 0 fully saturated rings. The lowest BCUT2D eigenvalue weighted by molar-refractivity contribution is -0.127. The van der Waals surface area contributed by atoms with Crippen molar-refractivity contribution < 1.29 is 33.4 Å². The van der Waals surface area contributed by atoms with Crippen LogP contribution in [0.1, 0.15) is 56.0 Å². The summed E-state index contributed by atoms with van der Waals surface area (Å²) in [6.07, 6.45) is 0.771. The topological polar surface area (TPSA) is 141 Å². The van der Waals surface area contributed by atoms with Crippen molar-refractivity contribution in [3.05, 3.63) is 65.5 Å². The average molecular weight is 595 g/mol. The van der Waals surface area contributed by atoms with E-state index >= 15 is 0 Å². The smallest absolute Gasteiger partial charge is 0.253 e. The summed E-state index contributed by atoms with van der Waals surface area (Å²) in [5, 5.41) is 29.6. The third-order valence-electron chi connectivity index (χ3n) is 6.09. The number of carbonyl (C=O) groups is 3. The van der Waals surface area contributed by atoms with Crippen LogP contribution in [0, 0.1) is 17.6 Å². The van der Waals surface area contributed by atoms with Crippen molar-refractivity contribution in [3.8, 4) is 0 Å². The quantitative estimate of drug-likeness (QED) is 0.177. The normalized spacial score (nSPS) is 14.1. The van der Waals surface area contributed by atoms with Crippen molar-refractivity contribution in [1.29, 1.82) is 0 Å². The Morgan fingerprint density at radius 1 is 1.07 bits per heavy atom. The van der Waals surface area contributed by atoms with Gasteiger partial charge in [0.2, 0.25) is 11.8 Å². The Morgan fingerprint density at radius 2 is 1.78 bits per heavy atom. The molecule has 3 amide bonds. The number of amides is 3. The van der Waals surface area contributed by atoms with Crippen molar-refractivity contribution >= 4 is 29.5 Å². The minimum absolute atomic E-state index is 0.122. The molecule has 0 spiro atoms. The number of carbonyl (C=O) groups excluding carboxylic acids is 3. The van der Waals surface area contributed by atoms with Gasteiger partial charge in [0, 0.05) is 30.8 Å². The van der Waals surface area contributed by atoms with E-state index in [4.69, 9.17) is 0 Å². The summed E-state index contributed by atoms with van der Waals surface area (Å²) in [6.45, 7) is 6.21. The van der Waals surface area contributed by atoms with Gasteiger partial charge < -0.3 is 26.2 Å². The fourth-order valence-electron chi connectivity index (χ4n) is 3.86. The molecule has 2 aromatic rings. The zero-order valence-electron chi connectivity index (χ0n) is 23.6. The number of nitrogens with one attached hydrogen (secondary N) is 3. The summed E-state index contributed by atoms with van der Waals surface area (Å²) in [6, 6.07) is 3.66. The van der Waals surface area contributed by atoms with Crippen LogP contribution >= 0.6 is 11.8 Å². The average Bonchev–Trinajstić information content (AvgIpc) is 2.92. The number of rotatable bonds is 17. The minimum Gasteiger partial charge on any atom is -0.390 e. The van der Waals surface area contributed by atoms with Crippen LogP contribution in [-0.4, -0.2) is 75.3 Å². The number of benzene rings is 1.